The van der Waals surface area contributed by atoms with Crippen LogP contribution in [0.15, 0.2) is 24.4 Å². The molecule has 4 nitrogen and oxygen atoms in total. The molecule has 0 unspecified atom stereocenters. The van der Waals surface area contributed by atoms with Gasteiger partial charge in [-0.25, -0.2) is 4.98 Å². The van der Waals surface area contributed by atoms with Gasteiger partial charge in [-0.1, -0.05) is 23.7 Å². The minimum atomic E-state index is -0.241. The molecule has 3 rings (SSSR count). The summed E-state index contributed by atoms with van der Waals surface area (Å²) < 4.78 is 11.7. The van der Waals surface area contributed by atoms with E-state index in [1.165, 1.54) is 6.20 Å². The summed E-state index contributed by atoms with van der Waals surface area (Å²) in [5.41, 5.74) is 0.860. The van der Waals surface area contributed by atoms with Crippen LogP contribution in [0.25, 0.3) is 0 Å². The van der Waals surface area contributed by atoms with Gasteiger partial charge >= 0.3 is 0 Å². The molecule has 0 aliphatic carbocycles. The van der Waals surface area contributed by atoms with Crippen molar-refractivity contribution in [3.63, 3.8) is 0 Å². The molecule has 1 aromatic heterocycles. The lowest BCUT2D eigenvalue weighted by Gasteiger charge is -2.18. The van der Waals surface area contributed by atoms with Gasteiger partial charge in [-0.15, -0.1) is 0 Å². The maximum atomic E-state index is 6.00. The third-order valence-corrected chi connectivity index (χ3v) is 3.39. The molecule has 0 atom stereocenters. The average Bonchev–Trinajstić information content (AvgIpc) is 2.69. The van der Waals surface area contributed by atoms with Crippen LogP contribution >= 0.6 is 23.2 Å². The van der Waals surface area contributed by atoms with Crippen molar-refractivity contribution in [2.75, 3.05) is 0 Å². The SMILES string of the molecule is CC1(C)Cc2cccc(Oc3nc(Cl)ncc3Cl)c2O1. The molecule has 0 N–H and O–H groups in total. The molecular weight excluding hydrogens is 299 g/mol. The second-order valence-corrected chi connectivity index (χ2v) is 5.92. The van der Waals surface area contributed by atoms with Crippen molar-refractivity contribution in [3.05, 3.63) is 40.3 Å². The number of ether oxygens (including phenoxy) is 2. The molecule has 0 radical (unpaired) electrons. The molecule has 0 fully saturated rings. The van der Waals surface area contributed by atoms with E-state index in [4.69, 9.17) is 32.7 Å². The number of fused-ring (bicyclic) bond motifs is 1. The van der Waals surface area contributed by atoms with E-state index in [-0.39, 0.29) is 16.8 Å². The van der Waals surface area contributed by atoms with Crippen molar-refractivity contribution in [1.29, 1.82) is 0 Å². The number of hydrogen-bond donors (Lipinski definition) is 0. The fraction of sp³-hybridized carbons (Fsp3) is 0.286. The Balaban J connectivity index is 1.97. The van der Waals surface area contributed by atoms with Crippen molar-refractivity contribution >= 4 is 23.2 Å². The number of benzene rings is 1. The molecule has 0 bridgehead atoms. The average molecular weight is 311 g/mol. The molecule has 0 saturated heterocycles. The lowest BCUT2D eigenvalue weighted by molar-refractivity contribution is 0.135. The Labute approximate surface area is 126 Å². The highest BCUT2D eigenvalue weighted by atomic mass is 35.5. The molecule has 0 amide bonds. The molecule has 2 aromatic rings. The Morgan fingerprint density at radius 1 is 1.30 bits per heavy atom. The monoisotopic (exact) mass is 310 g/mol. The zero-order valence-electron chi connectivity index (χ0n) is 11.0. The van der Waals surface area contributed by atoms with Gasteiger partial charge in [0, 0.05) is 12.0 Å². The lowest BCUT2D eigenvalue weighted by Crippen LogP contribution is -2.24. The standard InChI is InChI=1S/C14H12Cl2N2O2/c1-14(2)6-8-4-3-5-10(11(8)20-14)19-12-9(15)7-17-13(16)18-12/h3-5,7H,6H2,1-2H3. The van der Waals surface area contributed by atoms with Gasteiger partial charge in [-0.3, -0.25) is 0 Å². The smallest absolute Gasteiger partial charge is 0.242 e. The summed E-state index contributed by atoms with van der Waals surface area (Å²) in [5.74, 6) is 1.52. The fourth-order valence-electron chi connectivity index (χ4n) is 2.17. The van der Waals surface area contributed by atoms with E-state index in [0.29, 0.717) is 10.8 Å². The van der Waals surface area contributed by atoms with E-state index in [9.17, 15) is 0 Å². The first kappa shape index (κ1) is 13.5. The normalized spacial score (nSPS) is 15.6. The minimum absolute atomic E-state index is 0.0817. The van der Waals surface area contributed by atoms with Gasteiger partial charge in [0.15, 0.2) is 11.5 Å². The Kier molecular flexibility index (Phi) is 3.22. The summed E-state index contributed by atoms with van der Waals surface area (Å²) in [4.78, 5) is 7.76. The van der Waals surface area contributed by atoms with Gasteiger partial charge in [0.05, 0.1) is 6.20 Å². The molecule has 20 heavy (non-hydrogen) atoms. The predicted molar refractivity (Wildman–Crippen MR) is 77.0 cm³/mol. The number of para-hydroxylation sites is 1. The van der Waals surface area contributed by atoms with Crippen molar-refractivity contribution in [1.82, 2.24) is 9.97 Å². The van der Waals surface area contributed by atoms with Crippen LogP contribution < -0.4 is 9.47 Å². The Bertz CT molecular complexity index is 674. The van der Waals surface area contributed by atoms with Gasteiger partial charge < -0.3 is 9.47 Å². The van der Waals surface area contributed by atoms with Crippen molar-refractivity contribution in [2.24, 2.45) is 0 Å². The number of halogens is 2. The lowest BCUT2D eigenvalue weighted by atomic mass is 10.0. The van der Waals surface area contributed by atoms with E-state index in [1.54, 1.807) is 0 Å². The Hall–Kier alpha value is -1.52. The summed E-state index contributed by atoms with van der Waals surface area (Å²) in [6.45, 7) is 4.07. The summed E-state index contributed by atoms with van der Waals surface area (Å²) >= 11 is 11.8. The molecule has 1 aliphatic rings. The van der Waals surface area contributed by atoms with Crippen LogP contribution in [0.5, 0.6) is 17.4 Å². The minimum Gasteiger partial charge on any atom is -0.483 e. The van der Waals surface area contributed by atoms with Crippen LogP contribution in [0.4, 0.5) is 0 Å². The first-order chi connectivity index (χ1) is 9.44. The van der Waals surface area contributed by atoms with Crippen LogP contribution in [0.2, 0.25) is 10.3 Å². The zero-order valence-corrected chi connectivity index (χ0v) is 12.5. The fourth-order valence-corrected chi connectivity index (χ4v) is 2.43. The third kappa shape index (κ3) is 2.53. The van der Waals surface area contributed by atoms with Gasteiger partial charge in [-0.05, 0) is 31.5 Å². The van der Waals surface area contributed by atoms with E-state index >= 15 is 0 Å². The molecule has 6 heteroatoms. The molecule has 1 aromatic carbocycles. The summed E-state index contributed by atoms with van der Waals surface area (Å²) in [6, 6.07) is 5.74. The zero-order chi connectivity index (χ0) is 14.3. The first-order valence-electron chi connectivity index (χ1n) is 6.11. The Morgan fingerprint density at radius 2 is 2.10 bits per heavy atom. The summed E-state index contributed by atoms with van der Waals surface area (Å²) in [5, 5.41) is 0.377. The largest absolute Gasteiger partial charge is 0.483 e. The van der Waals surface area contributed by atoms with Gasteiger partial charge in [0.25, 0.3) is 0 Å². The van der Waals surface area contributed by atoms with E-state index < -0.39 is 0 Å². The second-order valence-electron chi connectivity index (χ2n) is 5.18. The van der Waals surface area contributed by atoms with E-state index in [2.05, 4.69) is 9.97 Å². The summed E-state index contributed by atoms with van der Waals surface area (Å²) in [7, 11) is 0. The first-order valence-corrected chi connectivity index (χ1v) is 6.87. The summed E-state index contributed by atoms with van der Waals surface area (Å²) in [6.07, 6.45) is 2.23. The number of rotatable bonds is 2. The van der Waals surface area contributed by atoms with Crippen LogP contribution in [-0.2, 0) is 6.42 Å². The van der Waals surface area contributed by atoms with Crippen LogP contribution in [0, 0.1) is 0 Å². The highest BCUT2D eigenvalue weighted by Gasteiger charge is 2.32. The van der Waals surface area contributed by atoms with Crippen LogP contribution in [-0.4, -0.2) is 15.6 Å². The van der Waals surface area contributed by atoms with E-state index in [1.807, 2.05) is 32.0 Å². The van der Waals surface area contributed by atoms with Crippen LogP contribution in [0.1, 0.15) is 19.4 Å². The predicted octanol–water partition coefficient (Wildman–Crippen LogP) is 4.29. The maximum absolute atomic E-state index is 6.00. The van der Waals surface area contributed by atoms with Gasteiger partial charge in [-0.2, -0.15) is 4.98 Å². The van der Waals surface area contributed by atoms with Gasteiger partial charge in [0.1, 0.15) is 10.6 Å². The number of nitrogens with zero attached hydrogens (tertiary/aromatic N) is 2. The molecule has 1 aliphatic heterocycles. The molecule has 104 valence electrons. The van der Waals surface area contributed by atoms with Crippen molar-refractivity contribution in [3.8, 4) is 17.4 Å². The van der Waals surface area contributed by atoms with Crippen LogP contribution in [0.3, 0.4) is 0 Å². The molecular formula is C14H12Cl2N2O2. The second kappa shape index (κ2) is 4.79. The maximum Gasteiger partial charge on any atom is 0.242 e. The Morgan fingerprint density at radius 3 is 2.90 bits per heavy atom. The third-order valence-electron chi connectivity index (χ3n) is 2.94. The molecule has 2 heterocycles. The van der Waals surface area contributed by atoms with Crippen molar-refractivity contribution in [2.45, 2.75) is 25.9 Å². The molecule has 0 spiro atoms. The highest BCUT2D eigenvalue weighted by Crippen LogP contribution is 2.43. The highest BCUT2D eigenvalue weighted by molar-refractivity contribution is 6.32. The van der Waals surface area contributed by atoms with Gasteiger partial charge in [0.2, 0.25) is 11.2 Å². The molecule has 0 saturated carbocycles. The quantitative estimate of drug-likeness (QED) is 0.776. The van der Waals surface area contributed by atoms with Crippen molar-refractivity contribution < 1.29 is 9.47 Å². The topological polar surface area (TPSA) is 44.2 Å². The number of aromatic nitrogens is 2. The number of hydrogen-bond acceptors (Lipinski definition) is 4. The van der Waals surface area contributed by atoms with E-state index in [0.717, 1.165) is 17.7 Å².